The number of carbonyl (C=O) groups excluding carboxylic acids is 3. The molecule has 184 valence electrons. The maximum atomic E-state index is 13.1. The number of fused-ring (bicyclic) bond motifs is 2. The molecule has 35 heavy (non-hydrogen) atoms. The van der Waals surface area contributed by atoms with E-state index in [1.165, 1.54) is 11.9 Å². The first-order valence-corrected chi connectivity index (χ1v) is 13.0. The van der Waals surface area contributed by atoms with Gasteiger partial charge in [0.15, 0.2) is 5.69 Å². The Morgan fingerprint density at radius 3 is 2.74 bits per heavy atom. The van der Waals surface area contributed by atoms with Gasteiger partial charge in [0.25, 0.3) is 11.8 Å². The van der Waals surface area contributed by atoms with Gasteiger partial charge in [-0.1, -0.05) is 18.2 Å². The fraction of sp³-hybridized carbons (Fsp3) is 0.391. The monoisotopic (exact) mass is 498 g/mol. The predicted octanol–water partition coefficient (Wildman–Crippen LogP) is 1.16. The first-order valence-electron chi connectivity index (χ1n) is 11.5. The number of amides is 3. The SMILES string of the molecule is CN(CCC(=O)NS(=O)(=O)C1CC1)C(=O)c1n[nH]c2c1CN(C(=O)c1cc3ccccc3[nH]1)CC2. The fourth-order valence-corrected chi connectivity index (χ4v) is 5.57. The van der Waals surface area contributed by atoms with Crippen molar-refractivity contribution in [1.29, 1.82) is 0 Å². The number of carbonyl (C=O) groups is 3. The van der Waals surface area contributed by atoms with Crippen LogP contribution in [0.2, 0.25) is 0 Å². The molecule has 5 rings (SSSR count). The van der Waals surface area contributed by atoms with Crippen LogP contribution in [-0.2, 0) is 27.8 Å². The van der Waals surface area contributed by atoms with E-state index < -0.39 is 27.1 Å². The van der Waals surface area contributed by atoms with Gasteiger partial charge in [-0.25, -0.2) is 8.42 Å². The second-order valence-corrected chi connectivity index (χ2v) is 11.0. The van der Waals surface area contributed by atoms with Crippen LogP contribution in [0.25, 0.3) is 10.9 Å². The van der Waals surface area contributed by atoms with Gasteiger partial charge in [-0.2, -0.15) is 5.10 Å². The van der Waals surface area contributed by atoms with Crippen LogP contribution in [0, 0.1) is 0 Å². The highest BCUT2D eigenvalue weighted by Crippen LogP contribution is 2.27. The van der Waals surface area contributed by atoms with Crippen molar-refractivity contribution < 1.29 is 22.8 Å². The van der Waals surface area contributed by atoms with Crippen molar-refractivity contribution in [2.45, 2.75) is 37.5 Å². The Kier molecular flexibility index (Phi) is 5.83. The molecule has 3 N–H and O–H groups in total. The van der Waals surface area contributed by atoms with Gasteiger partial charge in [0.2, 0.25) is 15.9 Å². The minimum absolute atomic E-state index is 0.0319. The topological polar surface area (TPSA) is 148 Å². The van der Waals surface area contributed by atoms with Crippen LogP contribution in [0.5, 0.6) is 0 Å². The van der Waals surface area contributed by atoms with Gasteiger partial charge in [0.05, 0.1) is 11.8 Å². The van der Waals surface area contributed by atoms with Crippen LogP contribution in [0.15, 0.2) is 30.3 Å². The number of hydrogen-bond acceptors (Lipinski definition) is 6. The van der Waals surface area contributed by atoms with Gasteiger partial charge in [0.1, 0.15) is 5.69 Å². The van der Waals surface area contributed by atoms with Gasteiger partial charge in [-0.3, -0.25) is 24.2 Å². The van der Waals surface area contributed by atoms with Crippen molar-refractivity contribution >= 4 is 38.6 Å². The summed E-state index contributed by atoms with van der Waals surface area (Å²) in [6.45, 7) is 0.752. The summed E-state index contributed by atoms with van der Waals surface area (Å²) in [7, 11) is -2.09. The van der Waals surface area contributed by atoms with E-state index >= 15 is 0 Å². The summed E-state index contributed by atoms with van der Waals surface area (Å²) < 4.78 is 25.9. The summed E-state index contributed by atoms with van der Waals surface area (Å²) >= 11 is 0. The van der Waals surface area contributed by atoms with Crippen LogP contribution in [0.4, 0.5) is 0 Å². The molecule has 1 saturated carbocycles. The Morgan fingerprint density at radius 1 is 1.23 bits per heavy atom. The summed E-state index contributed by atoms with van der Waals surface area (Å²) in [5, 5.41) is 7.53. The molecule has 3 aromatic rings. The number of hydrogen-bond donors (Lipinski definition) is 3. The van der Waals surface area contributed by atoms with E-state index in [1.54, 1.807) is 4.90 Å². The third-order valence-electron chi connectivity index (χ3n) is 6.42. The molecule has 12 heteroatoms. The molecule has 3 amide bonds. The molecule has 2 aliphatic rings. The first-order chi connectivity index (χ1) is 16.7. The molecule has 1 aromatic carbocycles. The van der Waals surface area contributed by atoms with Crippen LogP contribution in [0.3, 0.4) is 0 Å². The number of rotatable bonds is 7. The van der Waals surface area contributed by atoms with E-state index in [2.05, 4.69) is 19.9 Å². The van der Waals surface area contributed by atoms with Crippen molar-refractivity contribution in [2.75, 3.05) is 20.1 Å². The molecule has 0 saturated heterocycles. The normalized spacial score (nSPS) is 15.6. The van der Waals surface area contributed by atoms with Gasteiger partial charge in [0, 0.05) is 55.1 Å². The van der Waals surface area contributed by atoms with E-state index in [0.717, 1.165) is 16.6 Å². The average molecular weight is 499 g/mol. The number of aromatic amines is 2. The van der Waals surface area contributed by atoms with E-state index in [9.17, 15) is 22.8 Å². The second kappa shape index (κ2) is 8.84. The second-order valence-electron chi connectivity index (χ2n) is 9.02. The number of aromatic nitrogens is 3. The Hall–Kier alpha value is -3.67. The lowest BCUT2D eigenvalue weighted by molar-refractivity contribution is -0.119. The number of nitrogens with one attached hydrogen (secondary N) is 3. The molecule has 0 radical (unpaired) electrons. The molecular formula is C23H26N6O5S. The van der Waals surface area contributed by atoms with Crippen molar-refractivity contribution in [3.05, 3.63) is 53.0 Å². The highest BCUT2D eigenvalue weighted by molar-refractivity contribution is 7.90. The van der Waals surface area contributed by atoms with Crippen molar-refractivity contribution in [1.82, 2.24) is 29.7 Å². The molecule has 0 bridgehead atoms. The number of benzene rings is 1. The number of H-pyrrole nitrogens is 2. The van der Waals surface area contributed by atoms with Gasteiger partial charge in [-0.15, -0.1) is 0 Å². The predicted molar refractivity (Wildman–Crippen MR) is 127 cm³/mol. The molecule has 0 unspecified atom stereocenters. The molecule has 1 aliphatic heterocycles. The first kappa shape index (κ1) is 23.1. The van der Waals surface area contributed by atoms with Crippen LogP contribution >= 0.6 is 0 Å². The van der Waals surface area contributed by atoms with Crippen LogP contribution in [-0.4, -0.2) is 76.5 Å². The summed E-state index contributed by atoms with van der Waals surface area (Å²) in [4.78, 5) is 44.4. The maximum absolute atomic E-state index is 13.1. The van der Waals surface area contributed by atoms with Crippen molar-refractivity contribution in [3.8, 4) is 0 Å². The molecule has 0 atom stereocenters. The molecule has 0 spiro atoms. The lowest BCUT2D eigenvalue weighted by Crippen LogP contribution is -2.38. The number of sulfonamides is 1. The van der Waals surface area contributed by atoms with Gasteiger partial charge < -0.3 is 14.8 Å². The summed E-state index contributed by atoms with van der Waals surface area (Å²) in [5.41, 5.74) is 3.01. The highest BCUT2D eigenvalue weighted by Gasteiger charge is 2.37. The average Bonchev–Trinajstić information content (AvgIpc) is 3.50. The van der Waals surface area contributed by atoms with E-state index in [-0.39, 0.29) is 31.1 Å². The molecule has 2 aromatic heterocycles. The van der Waals surface area contributed by atoms with E-state index in [0.29, 0.717) is 37.1 Å². The minimum atomic E-state index is -3.62. The Balaban J connectivity index is 1.24. The van der Waals surface area contributed by atoms with Gasteiger partial charge in [-0.05, 0) is 25.0 Å². The van der Waals surface area contributed by atoms with Crippen molar-refractivity contribution in [2.24, 2.45) is 0 Å². The maximum Gasteiger partial charge on any atom is 0.274 e. The molecule has 1 aliphatic carbocycles. The lowest BCUT2D eigenvalue weighted by atomic mass is 10.0. The summed E-state index contributed by atoms with van der Waals surface area (Å²) in [6, 6.07) is 9.46. The minimum Gasteiger partial charge on any atom is -0.351 e. The Labute approximate surface area is 201 Å². The largest absolute Gasteiger partial charge is 0.351 e. The summed E-state index contributed by atoms with van der Waals surface area (Å²) in [5.74, 6) is -1.20. The third kappa shape index (κ3) is 4.65. The zero-order valence-corrected chi connectivity index (χ0v) is 20.0. The van der Waals surface area contributed by atoms with Gasteiger partial charge >= 0.3 is 0 Å². The van der Waals surface area contributed by atoms with E-state index in [4.69, 9.17) is 0 Å². The van der Waals surface area contributed by atoms with Crippen molar-refractivity contribution in [3.63, 3.8) is 0 Å². The highest BCUT2D eigenvalue weighted by atomic mass is 32.2. The number of para-hydroxylation sites is 1. The summed E-state index contributed by atoms with van der Waals surface area (Å²) in [6.07, 6.45) is 1.51. The zero-order valence-electron chi connectivity index (χ0n) is 19.2. The molecule has 11 nitrogen and oxygen atoms in total. The third-order valence-corrected chi connectivity index (χ3v) is 8.29. The number of nitrogens with zero attached hydrogens (tertiary/aromatic N) is 3. The smallest absolute Gasteiger partial charge is 0.274 e. The lowest BCUT2D eigenvalue weighted by Gasteiger charge is -2.27. The van der Waals surface area contributed by atoms with E-state index in [1.807, 2.05) is 30.3 Å². The standard InChI is InChI=1S/C23H26N6O5S/c1-28(10-9-20(30)27-35(33,34)15-6-7-15)23(32)21-16-13-29(11-8-18(16)25-26-21)22(31)19-12-14-4-2-3-5-17(14)24-19/h2-5,12,15,24H,6-11,13H2,1H3,(H,25,26)(H,27,30). The van der Waals surface area contributed by atoms with Crippen LogP contribution < -0.4 is 4.72 Å². The Morgan fingerprint density at radius 2 is 2.00 bits per heavy atom. The Bertz CT molecular complexity index is 1390. The molecule has 3 heterocycles. The zero-order chi connectivity index (χ0) is 24.7. The van der Waals surface area contributed by atoms with Crippen LogP contribution in [0.1, 0.15) is 51.5 Å². The molecular weight excluding hydrogens is 472 g/mol. The fourth-order valence-electron chi connectivity index (χ4n) is 4.23. The molecule has 1 fully saturated rings. The quantitative estimate of drug-likeness (QED) is 0.445.